The largest absolute Gasteiger partial charge is 0.370 e. The molecule has 0 radical (unpaired) electrons. The molecule has 4 rings (SSSR count). The maximum absolute atomic E-state index is 13.1. The van der Waals surface area contributed by atoms with E-state index >= 15 is 0 Å². The highest BCUT2D eigenvalue weighted by Crippen LogP contribution is 2.54. The topological polar surface area (TPSA) is 58.6 Å². The predicted molar refractivity (Wildman–Crippen MR) is 93.0 cm³/mol. The lowest BCUT2D eigenvalue weighted by Crippen LogP contribution is -2.42. The Morgan fingerprint density at radius 2 is 2.12 bits per heavy atom. The number of rotatable bonds is 6. The Kier molecular flexibility index (Phi) is 4.38. The SMILES string of the molecule is CCS(=O)(=O)NC[C@H]1[C@H]2CN(Cc3ccc(F)cc3)C[C@]23CC[C@H]1O3. The van der Waals surface area contributed by atoms with E-state index < -0.39 is 10.0 Å². The molecule has 3 fully saturated rings. The number of sulfonamides is 1. The molecular formula is C18H25FN2O3S. The molecule has 1 spiro atoms. The number of nitrogens with one attached hydrogen (secondary N) is 1. The van der Waals surface area contributed by atoms with E-state index in [0.29, 0.717) is 12.5 Å². The number of ether oxygens (including phenoxy) is 1. The summed E-state index contributed by atoms with van der Waals surface area (Å²) in [5.74, 6) is 0.503. The van der Waals surface area contributed by atoms with E-state index in [1.807, 2.05) is 12.1 Å². The fraction of sp³-hybridized carbons (Fsp3) is 0.667. The van der Waals surface area contributed by atoms with Gasteiger partial charge in [-0.25, -0.2) is 17.5 Å². The second-order valence-electron chi connectivity index (χ2n) is 7.58. The minimum Gasteiger partial charge on any atom is -0.370 e. The molecule has 0 amide bonds. The molecule has 7 heteroatoms. The van der Waals surface area contributed by atoms with Crippen molar-refractivity contribution >= 4 is 10.0 Å². The molecular weight excluding hydrogens is 343 g/mol. The molecule has 138 valence electrons. The Labute approximate surface area is 148 Å². The van der Waals surface area contributed by atoms with Crippen LogP contribution in [0.15, 0.2) is 24.3 Å². The number of hydrogen-bond acceptors (Lipinski definition) is 4. The molecule has 4 atom stereocenters. The average molecular weight is 368 g/mol. The van der Waals surface area contributed by atoms with Crippen LogP contribution in [0.25, 0.3) is 0 Å². The molecule has 0 unspecified atom stereocenters. The van der Waals surface area contributed by atoms with E-state index in [1.54, 1.807) is 6.92 Å². The van der Waals surface area contributed by atoms with Gasteiger partial charge in [0, 0.05) is 38.0 Å². The molecule has 0 aromatic heterocycles. The molecule has 1 aromatic carbocycles. The van der Waals surface area contributed by atoms with Gasteiger partial charge in [-0.15, -0.1) is 0 Å². The third-order valence-electron chi connectivity index (χ3n) is 6.09. The highest BCUT2D eigenvalue weighted by atomic mass is 32.2. The van der Waals surface area contributed by atoms with Crippen LogP contribution in [0, 0.1) is 17.7 Å². The van der Waals surface area contributed by atoms with Crippen molar-refractivity contribution in [3.63, 3.8) is 0 Å². The van der Waals surface area contributed by atoms with Crippen molar-refractivity contribution in [3.05, 3.63) is 35.6 Å². The monoisotopic (exact) mass is 368 g/mol. The number of halogens is 1. The second kappa shape index (κ2) is 6.30. The quantitative estimate of drug-likeness (QED) is 0.831. The van der Waals surface area contributed by atoms with Gasteiger partial charge < -0.3 is 4.74 Å². The normalized spacial score (nSPS) is 34.6. The van der Waals surface area contributed by atoms with Gasteiger partial charge in [0.15, 0.2) is 0 Å². The summed E-state index contributed by atoms with van der Waals surface area (Å²) in [6.07, 6.45) is 2.25. The summed E-state index contributed by atoms with van der Waals surface area (Å²) in [5, 5.41) is 0. The maximum atomic E-state index is 13.1. The lowest BCUT2D eigenvalue weighted by Gasteiger charge is -2.29. The number of likely N-dealkylation sites (tertiary alicyclic amines) is 1. The Hall–Kier alpha value is -1.02. The van der Waals surface area contributed by atoms with E-state index in [4.69, 9.17) is 4.74 Å². The van der Waals surface area contributed by atoms with Gasteiger partial charge in [0.2, 0.25) is 10.0 Å². The van der Waals surface area contributed by atoms with Crippen LogP contribution in [0.3, 0.4) is 0 Å². The molecule has 3 aliphatic heterocycles. The van der Waals surface area contributed by atoms with Crippen molar-refractivity contribution in [1.29, 1.82) is 0 Å². The lowest BCUT2D eigenvalue weighted by atomic mass is 9.74. The summed E-state index contributed by atoms with van der Waals surface area (Å²) in [4.78, 5) is 2.36. The summed E-state index contributed by atoms with van der Waals surface area (Å²) in [6.45, 7) is 4.69. The van der Waals surface area contributed by atoms with Crippen LogP contribution < -0.4 is 4.72 Å². The van der Waals surface area contributed by atoms with Crippen molar-refractivity contribution in [1.82, 2.24) is 9.62 Å². The van der Waals surface area contributed by atoms with Gasteiger partial charge in [0.1, 0.15) is 5.82 Å². The molecule has 3 heterocycles. The molecule has 0 saturated carbocycles. The van der Waals surface area contributed by atoms with Gasteiger partial charge in [-0.3, -0.25) is 4.90 Å². The minimum atomic E-state index is -3.18. The highest BCUT2D eigenvalue weighted by Gasteiger charge is 2.62. The summed E-state index contributed by atoms with van der Waals surface area (Å²) in [7, 11) is -3.18. The molecule has 0 aliphatic carbocycles. The smallest absolute Gasteiger partial charge is 0.211 e. The summed E-state index contributed by atoms with van der Waals surface area (Å²) < 4.78 is 45.8. The molecule has 3 saturated heterocycles. The zero-order valence-corrected chi connectivity index (χ0v) is 15.3. The van der Waals surface area contributed by atoms with E-state index in [0.717, 1.165) is 38.0 Å². The Morgan fingerprint density at radius 1 is 1.36 bits per heavy atom. The molecule has 3 aliphatic rings. The fourth-order valence-corrected chi connectivity index (χ4v) is 5.50. The molecule has 5 nitrogen and oxygen atoms in total. The van der Waals surface area contributed by atoms with Gasteiger partial charge >= 0.3 is 0 Å². The molecule has 25 heavy (non-hydrogen) atoms. The lowest BCUT2D eigenvalue weighted by molar-refractivity contribution is 0.00219. The van der Waals surface area contributed by atoms with Crippen LogP contribution in [0.1, 0.15) is 25.3 Å². The van der Waals surface area contributed by atoms with Crippen molar-refractivity contribution < 1.29 is 17.5 Å². The third-order valence-corrected chi connectivity index (χ3v) is 7.46. The summed E-state index contributed by atoms with van der Waals surface area (Å²) >= 11 is 0. The highest BCUT2D eigenvalue weighted by molar-refractivity contribution is 7.89. The van der Waals surface area contributed by atoms with Crippen LogP contribution in [0.4, 0.5) is 4.39 Å². The van der Waals surface area contributed by atoms with Gasteiger partial charge in [-0.1, -0.05) is 12.1 Å². The Balaban J connectivity index is 1.44. The van der Waals surface area contributed by atoms with Crippen LogP contribution in [0.5, 0.6) is 0 Å². The van der Waals surface area contributed by atoms with E-state index in [9.17, 15) is 12.8 Å². The first kappa shape index (κ1) is 17.4. The minimum absolute atomic E-state index is 0.109. The standard InChI is InChI=1S/C18H25FN2O3S/c1-2-25(22,23)20-9-15-16-11-21(10-13-3-5-14(19)6-4-13)12-18(16)8-7-17(15)24-18/h3-6,15-17,20H,2,7-12H2,1H3/t15-,16+,17+,18+/m0/s1. The van der Waals surface area contributed by atoms with Crippen molar-refractivity contribution in [2.24, 2.45) is 11.8 Å². The van der Waals surface area contributed by atoms with Crippen LogP contribution in [0.2, 0.25) is 0 Å². The van der Waals surface area contributed by atoms with Crippen molar-refractivity contribution in [3.8, 4) is 0 Å². The van der Waals surface area contributed by atoms with Crippen LogP contribution in [-0.2, 0) is 21.3 Å². The first-order valence-electron chi connectivity index (χ1n) is 9.03. The predicted octanol–water partition coefficient (Wildman–Crippen LogP) is 1.74. The Bertz CT molecular complexity index is 739. The second-order valence-corrected chi connectivity index (χ2v) is 9.67. The number of fused-ring (bicyclic) bond motifs is 1. The van der Waals surface area contributed by atoms with Gasteiger partial charge in [0.05, 0.1) is 17.5 Å². The summed E-state index contributed by atoms with van der Waals surface area (Å²) in [6, 6.07) is 6.64. The first-order chi connectivity index (χ1) is 11.9. The van der Waals surface area contributed by atoms with Crippen molar-refractivity contribution in [2.75, 3.05) is 25.4 Å². The zero-order chi connectivity index (χ0) is 17.7. The van der Waals surface area contributed by atoms with Crippen LogP contribution >= 0.6 is 0 Å². The maximum Gasteiger partial charge on any atom is 0.211 e. The van der Waals surface area contributed by atoms with E-state index in [-0.39, 0.29) is 29.2 Å². The Morgan fingerprint density at radius 3 is 2.84 bits per heavy atom. The number of benzene rings is 1. The van der Waals surface area contributed by atoms with Gasteiger partial charge in [-0.05, 0) is 37.5 Å². The van der Waals surface area contributed by atoms with Gasteiger partial charge in [-0.2, -0.15) is 0 Å². The van der Waals surface area contributed by atoms with Crippen molar-refractivity contribution in [2.45, 2.75) is 38.0 Å². The molecule has 1 aromatic rings. The number of hydrogen-bond donors (Lipinski definition) is 1. The van der Waals surface area contributed by atoms with E-state index in [1.165, 1.54) is 12.1 Å². The summed E-state index contributed by atoms with van der Waals surface area (Å²) in [5.41, 5.74) is 0.975. The molecule has 2 bridgehead atoms. The zero-order valence-electron chi connectivity index (χ0n) is 14.4. The van der Waals surface area contributed by atoms with Crippen LogP contribution in [-0.4, -0.2) is 50.4 Å². The number of nitrogens with zero attached hydrogens (tertiary/aromatic N) is 1. The van der Waals surface area contributed by atoms with Gasteiger partial charge in [0.25, 0.3) is 0 Å². The first-order valence-corrected chi connectivity index (χ1v) is 10.7. The average Bonchev–Trinajstić information content (AvgIpc) is 3.23. The van der Waals surface area contributed by atoms with E-state index in [2.05, 4.69) is 9.62 Å². The third kappa shape index (κ3) is 3.23. The fourth-order valence-electron chi connectivity index (χ4n) is 4.85. The molecule has 1 N–H and O–H groups in total.